The minimum atomic E-state index is 0.217. The van der Waals surface area contributed by atoms with Gasteiger partial charge < -0.3 is 20.6 Å². The van der Waals surface area contributed by atoms with E-state index in [-0.39, 0.29) is 11.9 Å². The molecule has 0 atom stereocenters. The summed E-state index contributed by atoms with van der Waals surface area (Å²) in [4.78, 5) is 6.41. The second-order valence-corrected chi connectivity index (χ2v) is 4.18. The monoisotopic (exact) mass is 252 g/mol. The van der Waals surface area contributed by atoms with Crippen LogP contribution in [0.3, 0.4) is 0 Å². The number of hydrogen-bond donors (Lipinski definition) is 2. The summed E-state index contributed by atoms with van der Waals surface area (Å²) >= 11 is 0. The fraction of sp³-hybridized carbons (Fsp3) is 0.500. The molecule has 0 radical (unpaired) electrons. The molecule has 0 spiro atoms. The van der Waals surface area contributed by atoms with Crippen LogP contribution in [-0.2, 0) is 0 Å². The van der Waals surface area contributed by atoms with Gasteiger partial charge in [0.15, 0.2) is 0 Å². The van der Waals surface area contributed by atoms with E-state index in [0.717, 1.165) is 11.6 Å². The molecular formula is C12H20N4O2. The SMILES string of the molecule is COc1ccc(N(CC/C(N)=N/O)C(C)C)nc1. The second kappa shape index (κ2) is 6.68. The predicted molar refractivity (Wildman–Crippen MR) is 71.3 cm³/mol. The molecule has 0 aliphatic heterocycles. The highest BCUT2D eigenvalue weighted by atomic mass is 16.5. The highest BCUT2D eigenvalue weighted by molar-refractivity contribution is 5.80. The van der Waals surface area contributed by atoms with Crippen molar-refractivity contribution in [3.63, 3.8) is 0 Å². The summed E-state index contributed by atoms with van der Waals surface area (Å²) in [7, 11) is 1.61. The highest BCUT2D eigenvalue weighted by Crippen LogP contribution is 2.17. The zero-order valence-electron chi connectivity index (χ0n) is 11.0. The van der Waals surface area contributed by atoms with Gasteiger partial charge in [0.2, 0.25) is 0 Å². The number of amidine groups is 1. The Morgan fingerprint density at radius 2 is 2.28 bits per heavy atom. The Kier molecular flexibility index (Phi) is 5.23. The number of ether oxygens (including phenoxy) is 1. The number of rotatable bonds is 6. The first kappa shape index (κ1) is 14.1. The summed E-state index contributed by atoms with van der Waals surface area (Å²) in [5.74, 6) is 1.78. The van der Waals surface area contributed by atoms with Gasteiger partial charge in [-0.3, -0.25) is 0 Å². The number of oxime groups is 1. The Morgan fingerprint density at radius 1 is 1.56 bits per heavy atom. The molecule has 0 saturated heterocycles. The van der Waals surface area contributed by atoms with E-state index in [1.54, 1.807) is 13.3 Å². The van der Waals surface area contributed by atoms with Crippen molar-refractivity contribution >= 4 is 11.7 Å². The summed E-state index contributed by atoms with van der Waals surface area (Å²) in [6.45, 7) is 4.78. The van der Waals surface area contributed by atoms with Crippen LogP contribution in [0.15, 0.2) is 23.5 Å². The minimum Gasteiger partial charge on any atom is -0.495 e. The van der Waals surface area contributed by atoms with Crippen LogP contribution in [-0.4, -0.2) is 35.7 Å². The van der Waals surface area contributed by atoms with Gasteiger partial charge in [-0.1, -0.05) is 5.16 Å². The van der Waals surface area contributed by atoms with Crippen molar-refractivity contribution in [1.29, 1.82) is 0 Å². The molecule has 100 valence electrons. The molecular weight excluding hydrogens is 232 g/mol. The number of methoxy groups -OCH3 is 1. The molecule has 0 amide bonds. The Bertz CT molecular complexity index is 390. The molecule has 0 aromatic carbocycles. The van der Waals surface area contributed by atoms with Gasteiger partial charge in [-0.05, 0) is 26.0 Å². The first-order chi connectivity index (χ1) is 8.58. The number of hydrogen-bond acceptors (Lipinski definition) is 5. The lowest BCUT2D eigenvalue weighted by atomic mass is 10.2. The molecule has 6 heteroatoms. The van der Waals surface area contributed by atoms with E-state index < -0.39 is 0 Å². The molecule has 1 rings (SSSR count). The maximum atomic E-state index is 8.54. The molecule has 0 aliphatic rings. The maximum Gasteiger partial charge on any atom is 0.140 e. The summed E-state index contributed by atoms with van der Waals surface area (Å²) in [5, 5.41) is 11.5. The van der Waals surface area contributed by atoms with Crippen LogP contribution in [0.2, 0.25) is 0 Å². The van der Waals surface area contributed by atoms with E-state index in [0.29, 0.717) is 13.0 Å². The van der Waals surface area contributed by atoms with E-state index in [4.69, 9.17) is 15.7 Å². The van der Waals surface area contributed by atoms with Crippen molar-refractivity contribution in [1.82, 2.24) is 4.98 Å². The standard InChI is InChI=1S/C12H20N4O2/c1-9(2)16(7-6-11(13)15-17)12-5-4-10(18-3)8-14-12/h4-5,8-9,17H,6-7H2,1-3H3,(H2,13,15). The first-order valence-electron chi connectivity index (χ1n) is 5.81. The van der Waals surface area contributed by atoms with E-state index >= 15 is 0 Å². The average Bonchev–Trinajstić information content (AvgIpc) is 2.39. The first-order valence-corrected chi connectivity index (χ1v) is 5.81. The molecule has 1 aromatic rings. The van der Waals surface area contributed by atoms with E-state index in [9.17, 15) is 0 Å². The molecule has 18 heavy (non-hydrogen) atoms. The van der Waals surface area contributed by atoms with E-state index in [2.05, 4.69) is 28.9 Å². The van der Waals surface area contributed by atoms with Gasteiger partial charge in [-0.25, -0.2) is 4.98 Å². The Morgan fingerprint density at radius 3 is 2.72 bits per heavy atom. The third kappa shape index (κ3) is 3.80. The van der Waals surface area contributed by atoms with Crippen LogP contribution >= 0.6 is 0 Å². The van der Waals surface area contributed by atoms with Crippen LogP contribution in [0.4, 0.5) is 5.82 Å². The van der Waals surface area contributed by atoms with Crippen molar-refractivity contribution in [2.45, 2.75) is 26.3 Å². The van der Waals surface area contributed by atoms with Crippen LogP contribution in [0, 0.1) is 0 Å². The van der Waals surface area contributed by atoms with Crippen molar-refractivity contribution in [2.75, 3.05) is 18.6 Å². The minimum absolute atomic E-state index is 0.217. The number of aromatic nitrogens is 1. The summed E-state index contributed by atoms with van der Waals surface area (Å²) in [6, 6.07) is 4.03. The molecule has 0 saturated carbocycles. The zero-order chi connectivity index (χ0) is 13.5. The fourth-order valence-corrected chi connectivity index (χ4v) is 1.59. The van der Waals surface area contributed by atoms with Gasteiger partial charge in [0, 0.05) is 19.0 Å². The van der Waals surface area contributed by atoms with Crippen molar-refractivity contribution in [2.24, 2.45) is 10.9 Å². The number of nitrogens with two attached hydrogens (primary N) is 1. The van der Waals surface area contributed by atoms with Gasteiger partial charge in [0.25, 0.3) is 0 Å². The summed E-state index contributed by atoms with van der Waals surface area (Å²) in [6.07, 6.45) is 2.16. The third-order valence-corrected chi connectivity index (χ3v) is 2.61. The van der Waals surface area contributed by atoms with Crippen molar-refractivity contribution < 1.29 is 9.94 Å². The zero-order valence-corrected chi connectivity index (χ0v) is 11.0. The predicted octanol–water partition coefficient (Wildman–Crippen LogP) is 1.44. The van der Waals surface area contributed by atoms with Gasteiger partial charge in [-0.2, -0.15) is 0 Å². The van der Waals surface area contributed by atoms with Gasteiger partial charge in [0.1, 0.15) is 17.4 Å². The molecule has 3 N–H and O–H groups in total. The second-order valence-electron chi connectivity index (χ2n) is 4.18. The van der Waals surface area contributed by atoms with E-state index in [1.807, 2.05) is 12.1 Å². The summed E-state index contributed by atoms with van der Waals surface area (Å²) < 4.78 is 5.07. The molecule has 1 aromatic heterocycles. The van der Waals surface area contributed by atoms with Crippen molar-refractivity contribution in [3.8, 4) is 5.75 Å². The average molecular weight is 252 g/mol. The van der Waals surface area contributed by atoms with Gasteiger partial charge in [-0.15, -0.1) is 0 Å². The normalized spacial score (nSPS) is 11.7. The summed E-state index contributed by atoms with van der Waals surface area (Å²) in [5.41, 5.74) is 5.48. The number of anilines is 1. The number of pyridine rings is 1. The lowest BCUT2D eigenvalue weighted by molar-refractivity contribution is 0.317. The Balaban J connectivity index is 2.77. The lowest BCUT2D eigenvalue weighted by Gasteiger charge is -2.27. The third-order valence-electron chi connectivity index (χ3n) is 2.61. The van der Waals surface area contributed by atoms with Gasteiger partial charge >= 0.3 is 0 Å². The molecule has 0 aliphatic carbocycles. The lowest BCUT2D eigenvalue weighted by Crippen LogP contribution is -2.34. The van der Waals surface area contributed by atoms with Crippen LogP contribution < -0.4 is 15.4 Å². The van der Waals surface area contributed by atoms with Gasteiger partial charge in [0.05, 0.1) is 13.3 Å². The van der Waals surface area contributed by atoms with Crippen LogP contribution in [0.5, 0.6) is 5.75 Å². The largest absolute Gasteiger partial charge is 0.495 e. The molecule has 6 nitrogen and oxygen atoms in total. The molecule has 1 heterocycles. The highest BCUT2D eigenvalue weighted by Gasteiger charge is 2.12. The molecule has 0 bridgehead atoms. The quantitative estimate of drug-likeness (QED) is 0.346. The fourth-order valence-electron chi connectivity index (χ4n) is 1.59. The van der Waals surface area contributed by atoms with Crippen molar-refractivity contribution in [3.05, 3.63) is 18.3 Å². The van der Waals surface area contributed by atoms with Crippen LogP contribution in [0.1, 0.15) is 20.3 Å². The van der Waals surface area contributed by atoms with E-state index in [1.165, 1.54) is 0 Å². The maximum absolute atomic E-state index is 8.54. The number of nitrogens with zero attached hydrogens (tertiary/aromatic N) is 3. The Labute approximate surface area is 107 Å². The van der Waals surface area contributed by atoms with Crippen LogP contribution in [0.25, 0.3) is 0 Å². The topological polar surface area (TPSA) is 84.0 Å². The Hall–Kier alpha value is -1.98. The smallest absolute Gasteiger partial charge is 0.140 e. The molecule has 0 unspecified atom stereocenters. The molecule has 0 fully saturated rings.